The standard InChI is InChI=1S/C36H43NO13/c1-42-22-12-10-21(11-13-22)36-29(20-8-6-5-7-9-20)28(32(40)44-3)31(39)35(36,41)30-25(43-2)16-23(17-26(30)50-36)48-34-33(45-4)47-19-27(49-34)24(38)18-46-15-14-37/h5-13,16-17,24,27-29,31,33-34,38-39,41H,14-15,18-19,37H2,1-4H3/t24-,27-,28-,29-,31-,33-,34-,35+,36+/m1/s1. The molecule has 270 valence electrons. The van der Waals surface area contributed by atoms with Crippen molar-refractivity contribution < 1.29 is 62.7 Å². The average molecular weight is 698 g/mol. The average Bonchev–Trinajstić information content (AvgIpc) is 3.52. The minimum Gasteiger partial charge on any atom is -0.497 e. The predicted molar refractivity (Wildman–Crippen MR) is 175 cm³/mol. The number of carbonyl (C=O) groups is 1. The van der Waals surface area contributed by atoms with Crippen LogP contribution in [0.2, 0.25) is 0 Å². The van der Waals surface area contributed by atoms with Crippen LogP contribution < -0.4 is 24.7 Å². The van der Waals surface area contributed by atoms with E-state index in [2.05, 4.69) is 0 Å². The molecule has 2 fully saturated rings. The van der Waals surface area contributed by atoms with Crippen molar-refractivity contribution >= 4 is 5.97 Å². The van der Waals surface area contributed by atoms with Crippen LogP contribution in [0.4, 0.5) is 0 Å². The molecule has 3 aliphatic rings. The van der Waals surface area contributed by atoms with Gasteiger partial charge in [0.1, 0.15) is 41.3 Å². The summed E-state index contributed by atoms with van der Waals surface area (Å²) in [6.07, 6.45) is -5.70. The summed E-state index contributed by atoms with van der Waals surface area (Å²) in [6.45, 7) is 0.555. The van der Waals surface area contributed by atoms with Crippen molar-refractivity contribution in [3.8, 4) is 23.0 Å². The van der Waals surface area contributed by atoms with Gasteiger partial charge in [0, 0.05) is 31.7 Å². The summed E-state index contributed by atoms with van der Waals surface area (Å²) in [6, 6.07) is 18.9. The summed E-state index contributed by atoms with van der Waals surface area (Å²) in [4.78, 5) is 13.5. The van der Waals surface area contributed by atoms with E-state index in [0.29, 0.717) is 23.4 Å². The molecule has 1 saturated carbocycles. The molecule has 1 aliphatic carbocycles. The minimum absolute atomic E-state index is 0.0136. The number of esters is 1. The molecule has 0 bridgehead atoms. The molecule has 1 saturated heterocycles. The number of nitrogens with two attached hydrogens (primary N) is 1. The Morgan fingerprint density at radius 3 is 2.38 bits per heavy atom. The summed E-state index contributed by atoms with van der Waals surface area (Å²) < 4.78 is 52.2. The summed E-state index contributed by atoms with van der Waals surface area (Å²) in [5.41, 5.74) is 2.63. The maximum absolute atomic E-state index is 13.5. The second-order valence-electron chi connectivity index (χ2n) is 12.2. The van der Waals surface area contributed by atoms with Crippen LogP contribution in [0.15, 0.2) is 66.7 Å². The molecule has 0 aromatic heterocycles. The first kappa shape index (κ1) is 35.8. The lowest BCUT2D eigenvalue weighted by molar-refractivity contribution is -0.324. The second-order valence-corrected chi connectivity index (χ2v) is 12.2. The molecule has 14 nitrogen and oxygen atoms in total. The predicted octanol–water partition coefficient (Wildman–Crippen LogP) is 1.56. The number of aliphatic hydroxyl groups is 3. The van der Waals surface area contributed by atoms with Gasteiger partial charge in [0.05, 0.1) is 52.6 Å². The van der Waals surface area contributed by atoms with Gasteiger partial charge in [0.25, 0.3) is 6.29 Å². The van der Waals surface area contributed by atoms with Crippen molar-refractivity contribution in [3.05, 3.63) is 83.4 Å². The Kier molecular flexibility index (Phi) is 10.5. The highest BCUT2D eigenvalue weighted by Gasteiger charge is 2.78. The minimum atomic E-state index is -2.25. The van der Waals surface area contributed by atoms with E-state index in [4.69, 9.17) is 48.4 Å². The molecule has 2 heterocycles. The zero-order valence-corrected chi connectivity index (χ0v) is 28.2. The zero-order chi connectivity index (χ0) is 35.6. The number of rotatable bonds is 13. The van der Waals surface area contributed by atoms with E-state index < -0.39 is 59.9 Å². The zero-order valence-electron chi connectivity index (χ0n) is 28.2. The summed E-state index contributed by atoms with van der Waals surface area (Å²) in [7, 11) is 5.59. The molecular formula is C36H43NO13. The number of carbonyl (C=O) groups excluding carboxylic acids is 1. The van der Waals surface area contributed by atoms with Crippen LogP contribution >= 0.6 is 0 Å². The number of aliphatic hydroxyl groups excluding tert-OH is 2. The van der Waals surface area contributed by atoms with Gasteiger partial charge >= 0.3 is 5.97 Å². The van der Waals surface area contributed by atoms with E-state index in [1.165, 1.54) is 40.6 Å². The van der Waals surface area contributed by atoms with Gasteiger partial charge in [-0.05, 0) is 23.3 Å². The van der Waals surface area contributed by atoms with Gasteiger partial charge in [-0.25, -0.2) is 0 Å². The number of hydrogen-bond donors (Lipinski definition) is 4. The lowest BCUT2D eigenvalue weighted by Gasteiger charge is -2.40. The van der Waals surface area contributed by atoms with E-state index in [0.717, 1.165) is 0 Å². The highest BCUT2D eigenvalue weighted by atomic mass is 16.8. The normalized spacial score (nSPS) is 30.5. The van der Waals surface area contributed by atoms with Crippen molar-refractivity contribution in [1.29, 1.82) is 0 Å². The van der Waals surface area contributed by atoms with Gasteiger partial charge in [0.15, 0.2) is 11.2 Å². The van der Waals surface area contributed by atoms with Crippen molar-refractivity contribution in [1.82, 2.24) is 0 Å². The smallest absolute Gasteiger partial charge is 0.312 e. The van der Waals surface area contributed by atoms with Crippen LogP contribution in [0.1, 0.15) is 22.6 Å². The lowest BCUT2D eigenvalue weighted by atomic mass is 9.70. The topological polar surface area (TPSA) is 187 Å². The quantitative estimate of drug-likeness (QED) is 0.149. The first-order chi connectivity index (χ1) is 24.2. The van der Waals surface area contributed by atoms with Crippen LogP contribution in [0.25, 0.3) is 0 Å². The van der Waals surface area contributed by atoms with Gasteiger partial charge in [-0.1, -0.05) is 42.5 Å². The molecule has 0 radical (unpaired) electrons. The maximum Gasteiger partial charge on any atom is 0.312 e. The molecule has 2 aliphatic heterocycles. The summed E-state index contributed by atoms with van der Waals surface area (Å²) in [5, 5.41) is 35.9. The Bertz CT molecular complexity index is 1620. The maximum atomic E-state index is 13.5. The molecular weight excluding hydrogens is 654 g/mol. The third kappa shape index (κ3) is 5.85. The van der Waals surface area contributed by atoms with E-state index in [9.17, 15) is 20.1 Å². The van der Waals surface area contributed by atoms with Crippen LogP contribution in [0.3, 0.4) is 0 Å². The highest BCUT2D eigenvalue weighted by Crippen LogP contribution is 2.70. The third-order valence-electron chi connectivity index (χ3n) is 9.61. The molecule has 9 atom stereocenters. The van der Waals surface area contributed by atoms with Gasteiger partial charge in [-0.3, -0.25) is 4.79 Å². The van der Waals surface area contributed by atoms with Gasteiger partial charge in [0.2, 0.25) is 6.29 Å². The van der Waals surface area contributed by atoms with Crippen LogP contribution in [0.5, 0.6) is 23.0 Å². The molecule has 5 N–H and O–H groups in total. The first-order valence-corrected chi connectivity index (χ1v) is 16.2. The fourth-order valence-electron chi connectivity index (χ4n) is 7.39. The molecule has 14 heteroatoms. The fraction of sp³-hybridized carbons (Fsp3) is 0.472. The molecule has 50 heavy (non-hydrogen) atoms. The number of methoxy groups -OCH3 is 4. The molecule has 0 amide bonds. The van der Waals surface area contributed by atoms with Gasteiger partial charge in [-0.15, -0.1) is 0 Å². The number of benzene rings is 3. The molecule has 0 unspecified atom stereocenters. The summed E-state index contributed by atoms with van der Waals surface area (Å²) in [5.74, 6) is -1.99. The number of hydrogen-bond acceptors (Lipinski definition) is 14. The van der Waals surface area contributed by atoms with Crippen molar-refractivity contribution in [2.45, 2.75) is 48.0 Å². The van der Waals surface area contributed by atoms with E-state index in [1.807, 2.05) is 6.07 Å². The number of fused-ring (bicyclic) bond motifs is 3. The molecule has 3 aromatic rings. The fourth-order valence-corrected chi connectivity index (χ4v) is 7.39. The van der Waals surface area contributed by atoms with Crippen LogP contribution in [0, 0.1) is 5.92 Å². The molecule has 0 spiro atoms. The van der Waals surface area contributed by atoms with Crippen molar-refractivity contribution in [2.75, 3.05) is 54.8 Å². The third-order valence-corrected chi connectivity index (χ3v) is 9.61. The van der Waals surface area contributed by atoms with Crippen molar-refractivity contribution in [2.24, 2.45) is 11.7 Å². The van der Waals surface area contributed by atoms with Crippen molar-refractivity contribution in [3.63, 3.8) is 0 Å². The van der Waals surface area contributed by atoms with Gasteiger partial charge < -0.3 is 63.7 Å². The van der Waals surface area contributed by atoms with E-state index in [1.54, 1.807) is 48.5 Å². The molecule has 3 aromatic carbocycles. The first-order valence-electron chi connectivity index (χ1n) is 16.2. The molecule has 6 rings (SSSR count). The Balaban J connectivity index is 1.46. The SMILES string of the molecule is COC(=O)[C@H]1[C@@H](O)[C@@]2(O)c3c(OC)cc(O[C@@H]4O[C@@H]([C@H](O)COCCN)CO[C@H]4OC)cc3O[C@@]2(c2ccc(OC)cc2)[C@@H]1c1ccccc1. The highest BCUT2D eigenvalue weighted by molar-refractivity contribution is 5.78. The van der Waals surface area contributed by atoms with E-state index >= 15 is 0 Å². The Labute approximate surface area is 289 Å². The van der Waals surface area contributed by atoms with Gasteiger partial charge in [-0.2, -0.15) is 0 Å². The largest absolute Gasteiger partial charge is 0.497 e. The Hall–Kier alpha value is -3.99. The Morgan fingerprint density at radius 1 is 1.00 bits per heavy atom. The summed E-state index contributed by atoms with van der Waals surface area (Å²) >= 11 is 0. The van der Waals surface area contributed by atoms with Crippen LogP contribution in [-0.2, 0) is 39.7 Å². The lowest BCUT2D eigenvalue weighted by Crippen LogP contribution is -2.52. The monoisotopic (exact) mass is 697 g/mol. The number of ether oxygens (including phenoxy) is 9. The van der Waals surface area contributed by atoms with Crippen LogP contribution in [-0.4, -0.2) is 107 Å². The second kappa shape index (κ2) is 14.7. The Morgan fingerprint density at radius 2 is 1.74 bits per heavy atom. The van der Waals surface area contributed by atoms with E-state index in [-0.39, 0.29) is 42.6 Å².